The van der Waals surface area contributed by atoms with Crippen molar-refractivity contribution in [1.29, 1.82) is 0 Å². The number of amides is 1. The molecule has 1 unspecified atom stereocenters. The van der Waals surface area contributed by atoms with Crippen LogP contribution in [0.4, 0.5) is 5.82 Å². The van der Waals surface area contributed by atoms with Crippen molar-refractivity contribution in [2.45, 2.75) is 13.0 Å². The number of hydrogen-bond donors (Lipinski definition) is 2. The fourth-order valence-corrected chi connectivity index (χ4v) is 4.70. The standard InChI is InChI=1S/C29H25N9O2/c1-18(33-28(39)24-25(30)35-37-15-7-14-31-27(24)37)26-34-22-11-6-8-20(13-12-19-16-32-36(2)17-19)23(22)29(40)38(26)21-9-4-3-5-10-21/h3-18H,1-2H3,(H2,30,35)(H,33,39)/b13-12-. The Morgan fingerprint density at radius 1 is 1.07 bits per heavy atom. The summed E-state index contributed by atoms with van der Waals surface area (Å²) in [6.45, 7) is 1.77. The summed E-state index contributed by atoms with van der Waals surface area (Å²) < 4.78 is 4.70. The maximum atomic E-state index is 14.2. The number of carbonyl (C=O) groups is 1. The SMILES string of the molecule is CC(NC(=O)c1c(N)nn2cccnc12)c1nc2cccc(/C=C\c3cnn(C)c3)c2c(=O)n1-c1ccccc1. The molecule has 11 nitrogen and oxygen atoms in total. The minimum absolute atomic E-state index is 0.0559. The highest BCUT2D eigenvalue weighted by molar-refractivity contribution is 6.04. The van der Waals surface area contributed by atoms with Crippen molar-refractivity contribution in [3.63, 3.8) is 0 Å². The number of fused-ring (bicyclic) bond motifs is 2. The van der Waals surface area contributed by atoms with Crippen LogP contribution in [0.3, 0.4) is 0 Å². The zero-order chi connectivity index (χ0) is 27.8. The number of hydrogen-bond acceptors (Lipinski definition) is 7. The van der Waals surface area contributed by atoms with E-state index >= 15 is 0 Å². The topological polar surface area (TPSA) is 138 Å². The van der Waals surface area contributed by atoms with Crippen molar-refractivity contribution in [2.75, 3.05) is 5.73 Å². The first-order valence-corrected chi connectivity index (χ1v) is 12.6. The van der Waals surface area contributed by atoms with Gasteiger partial charge < -0.3 is 11.1 Å². The van der Waals surface area contributed by atoms with Gasteiger partial charge in [-0.2, -0.15) is 5.10 Å². The normalized spacial score (nSPS) is 12.3. The number of aromatic nitrogens is 7. The third kappa shape index (κ3) is 4.39. The van der Waals surface area contributed by atoms with Crippen LogP contribution >= 0.6 is 0 Å². The van der Waals surface area contributed by atoms with Crippen LogP contribution in [-0.2, 0) is 7.05 Å². The highest BCUT2D eigenvalue weighted by atomic mass is 16.2. The summed E-state index contributed by atoms with van der Waals surface area (Å²) in [5.74, 6) is -0.0466. The molecule has 4 aromatic heterocycles. The van der Waals surface area contributed by atoms with E-state index in [1.807, 2.05) is 67.9 Å². The molecular weight excluding hydrogens is 506 g/mol. The van der Waals surface area contributed by atoms with Crippen molar-refractivity contribution in [3.05, 3.63) is 112 Å². The lowest BCUT2D eigenvalue weighted by molar-refractivity contribution is 0.0940. The molecule has 0 spiro atoms. The fourth-order valence-electron chi connectivity index (χ4n) is 4.70. The van der Waals surface area contributed by atoms with E-state index in [-0.39, 0.29) is 16.9 Å². The number of carbonyl (C=O) groups excluding carboxylic acids is 1. The van der Waals surface area contributed by atoms with Crippen LogP contribution < -0.4 is 16.6 Å². The molecule has 0 bridgehead atoms. The Kier molecular flexibility index (Phi) is 6.15. The van der Waals surface area contributed by atoms with Gasteiger partial charge in [0.15, 0.2) is 11.5 Å². The van der Waals surface area contributed by atoms with Gasteiger partial charge in [-0.05, 0) is 36.8 Å². The van der Waals surface area contributed by atoms with E-state index in [9.17, 15) is 9.59 Å². The molecule has 1 amide bonds. The third-order valence-corrected chi connectivity index (χ3v) is 6.53. The second kappa shape index (κ2) is 9.95. The molecule has 2 aromatic carbocycles. The van der Waals surface area contributed by atoms with E-state index in [2.05, 4.69) is 20.5 Å². The second-order valence-electron chi connectivity index (χ2n) is 9.31. The van der Waals surface area contributed by atoms with Crippen LogP contribution in [0.5, 0.6) is 0 Å². The number of nitrogens with zero attached hydrogens (tertiary/aromatic N) is 7. The molecule has 11 heteroatoms. The number of benzene rings is 2. The average molecular weight is 532 g/mol. The van der Waals surface area contributed by atoms with Crippen molar-refractivity contribution in [2.24, 2.45) is 7.05 Å². The van der Waals surface area contributed by atoms with E-state index < -0.39 is 11.9 Å². The van der Waals surface area contributed by atoms with Crippen molar-refractivity contribution < 1.29 is 4.79 Å². The molecule has 0 radical (unpaired) electrons. The molecule has 0 aliphatic rings. The molecule has 6 rings (SSSR count). The number of aryl methyl sites for hydroxylation is 1. The molecule has 40 heavy (non-hydrogen) atoms. The van der Waals surface area contributed by atoms with Gasteiger partial charge >= 0.3 is 0 Å². The predicted octanol–water partition coefficient (Wildman–Crippen LogP) is 3.41. The van der Waals surface area contributed by atoms with Crippen molar-refractivity contribution >= 4 is 40.4 Å². The van der Waals surface area contributed by atoms with Gasteiger partial charge in [0.25, 0.3) is 11.5 Å². The van der Waals surface area contributed by atoms with E-state index in [0.29, 0.717) is 28.1 Å². The van der Waals surface area contributed by atoms with Crippen LogP contribution in [-0.4, -0.2) is 39.8 Å². The number of rotatable bonds is 6. The maximum absolute atomic E-state index is 14.2. The highest BCUT2D eigenvalue weighted by Crippen LogP contribution is 2.23. The maximum Gasteiger partial charge on any atom is 0.266 e. The van der Waals surface area contributed by atoms with Gasteiger partial charge in [-0.15, -0.1) is 5.10 Å². The molecule has 6 aromatic rings. The Morgan fingerprint density at radius 2 is 1.90 bits per heavy atom. The van der Waals surface area contributed by atoms with Gasteiger partial charge in [0, 0.05) is 31.2 Å². The number of nitrogen functional groups attached to an aromatic ring is 1. The molecular formula is C29H25N9O2. The van der Waals surface area contributed by atoms with Crippen LogP contribution in [0, 0.1) is 0 Å². The van der Waals surface area contributed by atoms with Gasteiger partial charge in [0.2, 0.25) is 0 Å². The van der Waals surface area contributed by atoms with Crippen molar-refractivity contribution in [1.82, 2.24) is 39.2 Å². The fraction of sp³-hybridized carbons (Fsp3) is 0.103. The third-order valence-electron chi connectivity index (χ3n) is 6.53. The Labute approximate surface area is 228 Å². The number of nitrogens with one attached hydrogen (secondary N) is 1. The molecule has 0 aliphatic heterocycles. The molecule has 0 saturated carbocycles. The Hall–Kier alpha value is -5.58. The molecule has 0 aliphatic carbocycles. The van der Waals surface area contributed by atoms with E-state index in [0.717, 1.165) is 11.1 Å². The molecule has 0 saturated heterocycles. The molecule has 198 valence electrons. The highest BCUT2D eigenvalue weighted by Gasteiger charge is 2.24. The van der Waals surface area contributed by atoms with Gasteiger partial charge in [-0.3, -0.25) is 18.8 Å². The van der Waals surface area contributed by atoms with Gasteiger partial charge in [0.1, 0.15) is 11.4 Å². The van der Waals surface area contributed by atoms with E-state index in [4.69, 9.17) is 10.7 Å². The van der Waals surface area contributed by atoms with Gasteiger partial charge in [-0.1, -0.05) is 42.5 Å². The summed E-state index contributed by atoms with van der Waals surface area (Å²) in [7, 11) is 1.85. The van der Waals surface area contributed by atoms with Gasteiger partial charge in [0.05, 0.1) is 28.8 Å². The number of nitrogens with two attached hydrogens (primary N) is 1. The number of anilines is 1. The van der Waals surface area contributed by atoms with Crippen LogP contribution in [0.2, 0.25) is 0 Å². The van der Waals surface area contributed by atoms with Gasteiger partial charge in [-0.25, -0.2) is 14.5 Å². The Bertz CT molecular complexity index is 1970. The Balaban J connectivity index is 1.46. The summed E-state index contributed by atoms with van der Waals surface area (Å²) in [4.78, 5) is 36.7. The summed E-state index contributed by atoms with van der Waals surface area (Å²) in [5.41, 5.74) is 9.07. The molecule has 1 atom stereocenters. The smallest absolute Gasteiger partial charge is 0.266 e. The Morgan fingerprint density at radius 3 is 2.67 bits per heavy atom. The largest absolute Gasteiger partial charge is 0.381 e. The summed E-state index contributed by atoms with van der Waals surface area (Å²) in [5, 5.41) is 11.8. The number of para-hydroxylation sites is 1. The van der Waals surface area contributed by atoms with E-state index in [1.54, 1.807) is 42.3 Å². The first kappa shape index (κ1) is 24.7. The van der Waals surface area contributed by atoms with E-state index in [1.165, 1.54) is 9.08 Å². The lowest BCUT2D eigenvalue weighted by Gasteiger charge is -2.20. The zero-order valence-corrected chi connectivity index (χ0v) is 21.8. The second-order valence-corrected chi connectivity index (χ2v) is 9.31. The lowest BCUT2D eigenvalue weighted by atomic mass is 10.1. The summed E-state index contributed by atoms with van der Waals surface area (Å²) >= 11 is 0. The quantitative estimate of drug-likeness (QED) is 0.336. The summed E-state index contributed by atoms with van der Waals surface area (Å²) in [6, 6.07) is 15.8. The summed E-state index contributed by atoms with van der Waals surface area (Å²) in [6.07, 6.45) is 10.6. The predicted molar refractivity (Wildman–Crippen MR) is 153 cm³/mol. The minimum Gasteiger partial charge on any atom is -0.381 e. The van der Waals surface area contributed by atoms with Crippen LogP contribution in [0.25, 0.3) is 34.4 Å². The monoisotopic (exact) mass is 531 g/mol. The average Bonchev–Trinajstić information content (AvgIpc) is 3.53. The first-order chi connectivity index (χ1) is 19.4. The zero-order valence-electron chi connectivity index (χ0n) is 21.8. The van der Waals surface area contributed by atoms with Crippen LogP contribution in [0.15, 0.2) is 84.2 Å². The van der Waals surface area contributed by atoms with Crippen molar-refractivity contribution in [3.8, 4) is 5.69 Å². The molecule has 0 fully saturated rings. The van der Waals surface area contributed by atoms with Crippen LogP contribution in [0.1, 0.15) is 40.3 Å². The minimum atomic E-state index is -0.669. The molecule has 3 N–H and O–H groups in total. The lowest BCUT2D eigenvalue weighted by Crippen LogP contribution is -2.33. The first-order valence-electron chi connectivity index (χ1n) is 12.6. The molecule has 4 heterocycles.